The van der Waals surface area contributed by atoms with E-state index in [9.17, 15) is 18.0 Å². The van der Waals surface area contributed by atoms with E-state index < -0.39 is 17.6 Å². The molecule has 0 radical (unpaired) electrons. The SMILES string of the molecule is CC(C)C(=O)NCc1ccc(C(F)(F)F)c(C(=N)N)c1.Cl. The Morgan fingerprint density at radius 3 is 2.38 bits per heavy atom. The van der Waals surface area contributed by atoms with E-state index in [2.05, 4.69) is 5.32 Å². The molecular formula is C13H17ClF3N3O. The second kappa shape index (κ2) is 7.31. The highest BCUT2D eigenvalue weighted by molar-refractivity contribution is 5.96. The van der Waals surface area contributed by atoms with Crippen molar-refractivity contribution in [3.05, 3.63) is 34.9 Å². The van der Waals surface area contributed by atoms with Gasteiger partial charge in [-0.2, -0.15) is 13.2 Å². The summed E-state index contributed by atoms with van der Waals surface area (Å²) in [6, 6.07) is 3.30. The van der Waals surface area contributed by atoms with Crippen molar-refractivity contribution < 1.29 is 18.0 Å². The van der Waals surface area contributed by atoms with Crippen LogP contribution in [0.15, 0.2) is 18.2 Å². The van der Waals surface area contributed by atoms with Crippen LogP contribution in [0.4, 0.5) is 13.2 Å². The summed E-state index contributed by atoms with van der Waals surface area (Å²) in [5.74, 6) is -1.07. The molecule has 0 atom stereocenters. The Morgan fingerprint density at radius 1 is 1.38 bits per heavy atom. The monoisotopic (exact) mass is 323 g/mol. The van der Waals surface area contributed by atoms with E-state index in [0.29, 0.717) is 5.56 Å². The molecular weight excluding hydrogens is 307 g/mol. The number of carbonyl (C=O) groups is 1. The second-order valence-corrected chi connectivity index (χ2v) is 4.66. The molecule has 0 aromatic heterocycles. The zero-order valence-electron chi connectivity index (χ0n) is 11.5. The van der Waals surface area contributed by atoms with Crippen molar-refractivity contribution in [1.82, 2.24) is 5.32 Å². The third-order valence-corrected chi connectivity index (χ3v) is 2.67. The van der Waals surface area contributed by atoms with Crippen molar-refractivity contribution in [2.75, 3.05) is 0 Å². The lowest BCUT2D eigenvalue weighted by atomic mass is 10.0. The van der Waals surface area contributed by atoms with E-state index in [1.54, 1.807) is 13.8 Å². The summed E-state index contributed by atoms with van der Waals surface area (Å²) in [7, 11) is 0. The van der Waals surface area contributed by atoms with Crippen molar-refractivity contribution in [3.8, 4) is 0 Å². The molecule has 0 heterocycles. The number of alkyl halides is 3. The Hall–Kier alpha value is -1.76. The zero-order valence-corrected chi connectivity index (χ0v) is 12.4. The van der Waals surface area contributed by atoms with Gasteiger partial charge in [0.1, 0.15) is 5.84 Å². The maximum absolute atomic E-state index is 12.7. The number of amides is 1. The molecule has 1 rings (SSSR count). The minimum Gasteiger partial charge on any atom is -0.384 e. The van der Waals surface area contributed by atoms with Crippen molar-refractivity contribution in [2.24, 2.45) is 11.7 Å². The fourth-order valence-corrected chi connectivity index (χ4v) is 1.56. The van der Waals surface area contributed by atoms with Crippen LogP contribution in [0.5, 0.6) is 0 Å². The van der Waals surface area contributed by atoms with Crippen LogP contribution in [0.3, 0.4) is 0 Å². The fraction of sp³-hybridized carbons (Fsp3) is 0.385. The number of hydrogen-bond donors (Lipinski definition) is 3. The second-order valence-electron chi connectivity index (χ2n) is 4.66. The lowest BCUT2D eigenvalue weighted by Crippen LogP contribution is -2.27. The first-order valence-corrected chi connectivity index (χ1v) is 5.95. The van der Waals surface area contributed by atoms with Gasteiger partial charge >= 0.3 is 6.18 Å². The molecule has 118 valence electrons. The van der Waals surface area contributed by atoms with E-state index in [0.717, 1.165) is 6.07 Å². The highest BCUT2D eigenvalue weighted by atomic mass is 35.5. The van der Waals surface area contributed by atoms with Gasteiger partial charge in [-0.15, -0.1) is 12.4 Å². The molecule has 0 bridgehead atoms. The van der Waals surface area contributed by atoms with E-state index >= 15 is 0 Å². The molecule has 8 heteroatoms. The molecule has 0 spiro atoms. The summed E-state index contributed by atoms with van der Waals surface area (Å²) >= 11 is 0. The molecule has 0 unspecified atom stereocenters. The molecule has 4 N–H and O–H groups in total. The molecule has 4 nitrogen and oxygen atoms in total. The summed E-state index contributed by atoms with van der Waals surface area (Å²) in [6.07, 6.45) is -4.57. The molecule has 1 aromatic rings. The first kappa shape index (κ1) is 19.2. The maximum Gasteiger partial charge on any atom is 0.417 e. The number of nitrogen functional groups attached to an aromatic ring is 1. The van der Waals surface area contributed by atoms with Gasteiger partial charge in [-0.25, -0.2) is 0 Å². The van der Waals surface area contributed by atoms with Crippen LogP contribution in [-0.2, 0) is 17.5 Å². The summed E-state index contributed by atoms with van der Waals surface area (Å²) in [5, 5.41) is 9.82. The average Bonchev–Trinajstić information content (AvgIpc) is 2.34. The molecule has 0 fully saturated rings. The number of hydrogen-bond acceptors (Lipinski definition) is 2. The van der Waals surface area contributed by atoms with Crippen LogP contribution < -0.4 is 11.1 Å². The summed E-state index contributed by atoms with van der Waals surface area (Å²) in [4.78, 5) is 11.4. The van der Waals surface area contributed by atoms with Gasteiger partial charge in [0.15, 0.2) is 0 Å². The first-order valence-electron chi connectivity index (χ1n) is 5.95. The lowest BCUT2D eigenvalue weighted by Gasteiger charge is -2.14. The third-order valence-electron chi connectivity index (χ3n) is 2.67. The van der Waals surface area contributed by atoms with Crippen LogP contribution in [0.1, 0.15) is 30.5 Å². The Balaban J connectivity index is 0.00000400. The van der Waals surface area contributed by atoms with Crippen molar-refractivity contribution in [1.29, 1.82) is 5.41 Å². The zero-order chi connectivity index (χ0) is 15.5. The van der Waals surface area contributed by atoms with Gasteiger partial charge in [-0.1, -0.05) is 19.9 Å². The molecule has 21 heavy (non-hydrogen) atoms. The average molecular weight is 324 g/mol. The quantitative estimate of drug-likeness (QED) is 0.588. The number of rotatable bonds is 4. The Kier molecular flexibility index (Phi) is 6.69. The first-order chi connectivity index (χ1) is 9.12. The minimum atomic E-state index is -4.57. The molecule has 0 aliphatic rings. The predicted octanol–water partition coefficient (Wildman–Crippen LogP) is 2.68. The molecule has 1 amide bonds. The predicted molar refractivity (Wildman–Crippen MR) is 76.4 cm³/mol. The van der Waals surface area contributed by atoms with E-state index in [1.165, 1.54) is 12.1 Å². The van der Waals surface area contributed by atoms with E-state index in [-0.39, 0.29) is 36.3 Å². The fourth-order valence-electron chi connectivity index (χ4n) is 1.56. The van der Waals surface area contributed by atoms with Crippen molar-refractivity contribution in [2.45, 2.75) is 26.6 Å². The molecule has 1 aromatic carbocycles. The van der Waals surface area contributed by atoms with Crippen LogP contribution in [0, 0.1) is 11.3 Å². The van der Waals surface area contributed by atoms with Crippen LogP contribution in [0.2, 0.25) is 0 Å². The number of amidine groups is 1. The molecule has 0 aliphatic carbocycles. The topological polar surface area (TPSA) is 79.0 Å². The largest absolute Gasteiger partial charge is 0.417 e. The summed E-state index contributed by atoms with van der Waals surface area (Å²) in [5.41, 5.74) is 4.30. The molecule has 0 aliphatic heterocycles. The highest BCUT2D eigenvalue weighted by Crippen LogP contribution is 2.32. The Labute approximate surface area is 126 Å². The minimum absolute atomic E-state index is 0. The number of halogens is 4. The van der Waals surface area contributed by atoms with Gasteiger partial charge in [0.05, 0.1) is 5.56 Å². The van der Waals surface area contributed by atoms with Gasteiger partial charge in [0, 0.05) is 18.0 Å². The standard InChI is InChI=1S/C13H16F3N3O.ClH/c1-7(2)12(20)19-6-8-3-4-10(13(14,15)16)9(5-8)11(17)18;/h3-5,7H,6H2,1-2H3,(H3,17,18)(H,19,20);1H. The maximum atomic E-state index is 12.7. The van der Waals surface area contributed by atoms with Gasteiger partial charge in [-0.3, -0.25) is 10.2 Å². The van der Waals surface area contributed by atoms with Crippen molar-refractivity contribution in [3.63, 3.8) is 0 Å². The Bertz CT molecular complexity index is 530. The van der Waals surface area contributed by atoms with Gasteiger partial charge in [-0.05, 0) is 17.7 Å². The lowest BCUT2D eigenvalue weighted by molar-refractivity contribution is -0.137. The van der Waals surface area contributed by atoms with Gasteiger partial charge < -0.3 is 11.1 Å². The Morgan fingerprint density at radius 2 is 1.95 bits per heavy atom. The third kappa shape index (κ3) is 5.26. The summed E-state index contributed by atoms with van der Waals surface area (Å²) in [6.45, 7) is 3.52. The number of nitrogens with two attached hydrogens (primary N) is 1. The molecule has 0 saturated carbocycles. The smallest absolute Gasteiger partial charge is 0.384 e. The van der Waals surface area contributed by atoms with Crippen LogP contribution in [-0.4, -0.2) is 11.7 Å². The van der Waals surface area contributed by atoms with Gasteiger partial charge in [0.25, 0.3) is 0 Å². The van der Waals surface area contributed by atoms with Crippen molar-refractivity contribution >= 4 is 24.1 Å². The van der Waals surface area contributed by atoms with Crippen LogP contribution >= 0.6 is 12.4 Å². The highest BCUT2D eigenvalue weighted by Gasteiger charge is 2.34. The number of carbonyl (C=O) groups excluding carboxylic acids is 1. The molecule has 0 saturated heterocycles. The van der Waals surface area contributed by atoms with E-state index in [4.69, 9.17) is 11.1 Å². The van der Waals surface area contributed by atoms with Crippen LogP contribution in [0.25, 0.3) is 0 Å². The number of benzene rings is 1. The van der Waals surface area contributed by atoms with Gasteiger partial charge in [0.2, 0.25) is 5.91 Å². The van der Waals surface area contributed by atoms with E-state index in [1.807, 2.05) is 0 Å². The normalized spacial score (nSPS) is 11.0. The summed E-state index contributed by atoms with van der Waals surface area (Å²) < 4.78 is 38.2. The number of nitrogens with one attached hydrogen (secondary N) is 2.